The molecule has 1 unspecified atom stereocenters. The molecule has 1 aromatic heterocycles. The molecule has 1 aliphatic heterocycles. The van der Waals surface area contributed by atoms with Crippen LogP contribution in [0.25, 0.3) is 0 Å². The largest absolute Gasteiger partial charge is 0.374 e. The number of hydrogen-bond acceptors (Lipinski definition) is 4. The van der Waals surface area contributed by atoms with E-state index in [9.17, 15) is 0 Å². The van der Waals surface area contributed by atoms with Crippen LogP contribution in [0.2, 0.25) is 0 Å². The van der Waals surface area contributed by atoms with E-state index in [0.717, 1.165) is 42.2 Å². The Balaban J connectivity index is 2.19. The molecular weight excluding hydrogens is 270 g/mol. The molecule has 1 fully saturated rings. The van der Waals surface area contributed by atoms with Crippen molar-refractivity contribution in [3.05, 3.63) is 17.6 Å². The van der Waals surface area contributed by atoms with Crippen molar-refractivity contribution in [2.24, 2.45) is 0 Å². The lowest BCUT2D eigenvalue weighted by molar-refractivity contribution is 0.0567. The number of rotatable bonds is 2. The van der Waals surface area contributed by atoms with E-state index in [4.69, 9.17) is 4.74 Å². The highest BCUT2D eigenvalue weighted by molar-refractivity contribution is 9.09. The normalized spacial score (nSPS) is 21.2. The quantitative estimate of drug-likeness (QED) is 0.776. The van der Waals surface area contributed by atoms with Gasteiger partial charge in [-0.3, -0.25) is 4.98 Å². The van der Waals surface area contributed by atoms with Crippen LogP contribution >= 0.6 is 15.9 Å². The molecule has 4 nitrogen and oxygen atoms in total. The van der Waals surface area contributed by atoms with Gasteiger partial charge < -0.3 is 9.64 Å². The summed E-state index contributed by atoms with van der Waals surface area (Å²) in [5, 5.41) is 0.863. The van der Waals surface area contributed by atoms with Gasteiger partial charge in [-0.15, -0.1) is 0 Å². The van der Waals surface area contributed by atoms with Crippen LogP contribution in [-0.2, 0) is 4.74 Å². The monoisotopic (exact) mass is 285 g/mol. The molecule has 1 saturated heterocycles. The van der Waals surface area contributed by atoms with E-state index in [0.29, 0.717) is 0 Å². The molecule has 0 saturated carbocycles. The van der Waals surface area contributed by atoms with E-state index < -0.39 is 0 Å². The molecule has 16 heavy (non-hydrogen) atoms. The molecule has 0 N–H and O–H groups in total. The molecule has 1 atom stereocenters. The molecule has 5 heteroatoms. The first-order valence-electron chi connectivity index (χ1n) is 5.43. The van der Waals surface area contributed by atoms with Gasteiger partial charge in [0, 0.05) is 24.6 Å². The first-order chi connectivity index (χ1) is 7.70. The molecule has 1 aliphatic rings. The summed E-state index contributed by atoms with van der Waals surface area (Å²) in [4.78, 5) is 11.2. The van der Waals surface area contributed by atoms with Crippen LogP contribution in [-0.4, -0.2) is 41.1 Å². The maximum Gasteiger partial charge on any atom is 0.150 e. The third-order valence-corrected chi connectivity index (χ3v) is 3.38. The van der Waals surface area contributed by atoms with Crippen LogP contribution in [0.15, 0.2) is 6.20 Å². The van der Waals surface area contributed by atoms with Crippen molar-refractivity contribution < 1.29 is 4.74 Å². The van der Waals surface area contributed by atoms with Gasteiger partial charge in [-0.25, -0.2) is 4.98 Å². The summed E-state index contributed by atoms with van der Waals surface area (Å²) < 4.78 is 5.61. The molecule has 0 bridgehead atoms. The molecule has 1 aromatic rings. The number of hydrogen-bond donors (Lipinski definition) is 0. The van der Waals surface area contributed by atoms with Crippen LogP contribution in [0.1, 0.15) is 11.4 Å². The number of anilines is 1. The van der Waals surface area contributed by atoms with Crippen molar-refractivity contribution in [1.82, 2.24) is 9.97 Å². The highest BCUT2D eigenvalue weighted by Crippen LogP contribution is 2.19. The minimum atomic E-state index is 0.246. The Labute approximate surface area is 104 Å². The Morgan fingerprint density at radius 1 is 1.56 bits per heavy atom. The molecular formula is C11H16BrN3O. The molecule has 88 valence electrons. The minimum absolute atomic E-state index is 0.246. The maximum absolute atomic E-state index is 5.61. The predicted molar refractivity (Wildman–Crippen MR) is 67.3 cm³/mol. The SMILES string of the molecule is Cc1cnc(C)c(N2CCOC(CBr)C2)n1. The number of ether oxygens (including phenoxy) is 1. The molecule has 0 amide bonds. The summed E-state index contributed by atoms with van der Waals surface area (Å²) in [5.41, 5.74) is 1.95. The Morgan fingerprint density at radius 3 is 3.12 bits per heavy atom. The molecule has 0 aromatic carbocycles. The summed E-state index contributed by atoms with van der Waals surface area (Å²) in [6.07, 6.45) is 2.05. The van der Waals surface area contributed by atoms with Gasteiger partial charge in [0.1, 0.15) is 0 Å². The Bertz CT molecular complexity index is 372. The van der Waals surface area contributed by atoms with Gasteiger partial charge in [0.05, 0.1) is 24.1 Å². The highest BCUT2D eigenvalue weighted by atomic mass is 79.9. The van der Waals surface area contributed by atoms with Gasteiger partial charge in [-0.2, -0.15) is 0 Å². The van der Waals surface area contributed by atoms with Crippen molar-refractivity contribution in [2.45, 2.75) is 20.0 Å². The second-order valence-electron chi connectivity index (χ2n) is 4.01. The zero-order valence-electron chi connectivity index (χ0n) is 9.61. The molecule has 0 aliphatic carbocycles. The van der Waals surface area contributed by atoms with Gasteiger partial charge in [-0.05, 0) is 13.8 Å². The molecule has 0 spiro atoms. The summed E-state index contributed by atoms with van der Waals surface area (Å²) in [6.45, 7) is 6.50. The van der Waals surface area contributed by atoms with E-state index in [1.54, 1.807) is 6.20 Å². The van der Waals surface area contributed by atoms with Crippen LogP contribution in [0.4, 0.5) is 5.82 Å². The number of morpholine rings is 1. The number of aromatic nitrogens is 2. The van der Waals surface area contributed by atoms with Gasteiger partial charge in [0.2, 0.25) is 0 Å². The summed E-state index contributed by atoms with van der Waals surface area (Å²) >= 11 is 3.46. The number of halogens is 1. The second-order valence-corrected chi connectivity index (χ2v) is 4.66. The summed E-state index contributed by atoms with van der Waals surface area (Å²) in [5.74, 6) is 0.995. The molecule has 2 rings (SSSR count). The van der Waals surface area contributed by atoms with Crippen molar-refractivity contribution in [2.75, 3.05) is 29.9 Å². The summed E-state index contributed by atoms with van der Waals surface area (Å²) in [6, 6.07) is 0. The third-order valence-electron chi connectivity index (χ3n) is 2.66. The van der Waals surface area contributed by atoms with Crippen molar-refractivity contribution in [3.8, 4) is 0 Å². The summed E-state index contributed by atoms with van der Waals surface area (Å²) in [7, 11) is 0. The van der Waals surface area contributed by atoms with E-state index in [1.165, 1.54) is 0 Å². The van der Waals surface area contributed by atoms with Crippen molar-refractivity contribution in [1.29, 1.82) is 0 Å². The van der Waals surface area contributed by atoms with E-state index in [2.05, 4.69) is 30.8 Å². The third kappa shape index (κ3) is 2.52. The first-order valence-corrected chi connectivity index (χ1v) is 6.55. The fourth-order valence-corrected chi connectivity index (χ4v) is 2.22. The fourth-order valence-electron chi connectivity index (χ4n) is 1.83. The Kier molecular flexibility index (Phi) is 3.76. The zero-order valence-corrected chi connectivity index (χ0v) is 11.2. The zero-order chi connectivity index (χ0) is 11.5. The number of alkyl halides is 1. The topological polar surface area (TPSA) is 38.2 Å². The van der Waals surface area contributed by atoms with Gasteiger partial charge in [0.15, 0.2) is 5.82 Å². The lowest BCUT2D eigenvalue weighted by Gasteiger charge is -2.33. The number of nitrogens with zero attached hydrogens (tertiary/aromatic N) is 3. The average molecular weight is 286 g/mol. The molecule has 2 heterocycles. The van der Waals surface area contributed by atoms with E-state index in [1.807, 2.05) is 13.8 Å². The average Bonchev–Trinajstić information content (AvgIpc) is 2.32. The Hall–Kier alpha value is -0.680. The minimum Gasteiger partial charge on any atom is -0.374 e. The van der Waals surface area contributed by atoms with Crippen LogP contribution in [0, 0.1) is 13.8 Å². The van der Waals surface area contributed by atoms with Gasteiger partial charge >= 0.3 is 0 Å². The van der Waals surface area contributed by atoms with Gasteiger partial charge in [-0.1, -0.05) is 15.9 Å². The van der Waals surface area contributed by atoms with Gasteiger partial charge in [0.25, 0.3) is 0 Å². The maximum atomic E-state index is 5.61. The van der Waals surface area contributed by atoms with E-state index >= 15 is 0 Å². The first kappa shape index (κ1) is 11.8. The number of aryl methyl sites for hydroxylation is 2. The smallest absolute Gasteiger partial charge is 0.150 e. The highest BCUT2D eigenvalue weighted by Gasteiger charge is 2.22. The van der Waals surface area contributed by atoms with Crippen LogP contribution < -0.4 is 4.90 Å². The second kappa shape index (κ2) is 5.10. The van der Waals surface area contributed by atoms with E-state index in [-0.39, 0.29) is 6.10 Å². The molecule has 0 radical (unpaired) electrons. The van der Waals surface area contributed by atoms with Crippen LogP contribution in [0.5, 0.6) is 0 Å². The fraction of sp³-hybridized carbons (Fsp3) is 0.636. The predicted octanol–water partition coefficient (Wildman–Crippen LogP) is 1.69. The standard InChI is InChI=1S/C11H16BrN3O/c1-8-6-13-9(2)11(14-8)15-3-4-16-10(5-12)7-15/h6,10H,3-5,7H2,1-2H3. The Morgan fingerprint density at radius 2 is 2.38 bits per heavy atom. The van der Waals surface area contributed by atoms with Crippen LogP contribution in [0.3, 0.4) is 0 Å². The lowest BCUT2D eigenvalue weighted by atomic mass is 10.3. The van der Waals surface area contributed by atoms with Crippen molar-refractivity contribution >= 4 is 21.7 Å². The lowest BCUT2D eigenvalue weighted by Crippen LogP contribution is -2.44. The van der Waals surface area contributed by atoms with Crippen molar-refractivity contribution in [3.63, 3.8) is 0 Å².